The van der Waals surface area contributed by atoms with E-state index in [-0.39, 0.29) is 6.61 Å². The summed E-state index contributed by atoms with van der Waals surface area (Å²) in [6.45, 7) is 4.37. The van der Waals surface area contributed by atoms with E-state index in [1.54, 1.807) is 10.9 Å². The monoisotopic (exact) mass is 377 g/mol. The number of rotatable bonds is 6. The van der Waals surface area contributed by atoms with Crippen molar-refractivity contribution in [2.24, 2.45) is 0 Å². The SMILES string of the molecule is Cc1cc(C(=O)OCc2nnnn2-c2ccccc2)c(C)n1Cc1ccco1. The highest BCUT2D eigenvalue weighted by Crippen LogP contribution is 2.19. The van der Waals surface area contributed by atoms with Gasteiger partial charge in [-0.15, -0.1) is 5.10 Å². The zero-order valence-corrected chi connectivity index (χ0v) is 15.6. The van der Waals surface area contributed by atoms with E-state index in [9.17, 15) is 4.79 Å². The lowest BCUT2D eigenvalue weighted by molar-refractivity contribution is 0.0458. The topological polar surface area (TPSA) is 88.0 Å². The van der Waals surface area contributed by atoms with E-state index in [4.69, 9.17) is 9.15 Å². The number of ether oxygens (including phenoxy) is 1. The summed E-state index contributed by atoms with van der Waals surface area (Å²) < 4.78 is 14.5. The van der Waals surface area contributed by atoms with Gasteiger partial charge in [0.25, 0.3) is 0 Å². The molecule has 3 heterocycles. The minimum atomic E-state index is -0.415. The fraction of sp³-hybridized carbons (Fsp3) is 0.200. The van der Waals surface area contributed by atoms with Gasteiger partial charge in [0.2, 0.25) is 0 Å². The van der Waals surface area contributed by atoms with Crippen LogP contribution in [0.5, 0.6) is 0 Å². The third-order valence-corrected chi connectivity index (χ3v) is 4.55. The molecule has 1 aromatic carbocycles. The van der Waals surface area contributed by atoms with Crippen molar-refractivity contribution in [3.8, 4) is 5.69 Å². The number of tetrazole rings is 1. The maximum Gasteiger partial charge on any atom is 0.340 e. The summed E-state index contributed by atoms with van der Waals surface area (Å²) >= 11 is 0. The molecule has 0 atom stereocenters. The third kappa shape index (κ3) is 3.44. The molecule has 0 fully saturated rings. The number of para-hydroxylation sites is 1. The Morgan fingerprint density at radius 1 is 1.14 bits per heavy atom. The van der Waals surface area contributed by atoms with E-state index in [0.717, 1.165) is 22.8 Å². The first-order valence-electron chi connectivity index (χ1n) is 8.82. The summed E-state index contributed by atoms with van der Waals surface area (Å²) in [5.74, 6) is 0.856. The summed E-state index contributed by atoms with van der Waals surface area (Å²) in [5.41, 5.74) is 3.09. The smallest absolute Gasteiger partial charge is 0.340 e. The number of esters is 1. The predicted molar refractivity (Wildman–Crippen MR) is 100.0 cm³/mol. The van der Waals surface area contributed by atoms with Crippen LogP contribution in [0.25, 0.3) is 5.69 Å². The number of hydrogen-bond donors (Lipinski definition) is 0. The number of hydrogen-bond acceptors (Lipinski definition) is 6. The number of nitrogens with zero attached hydrogens (tertiary/aromatic N) is 5. The Bertz CT molecular complexity index is 1080. The summed E-state index contributed by atoms with van der Waals surface area (Å²) in [5, 5.41) is 11.6. The Hall–Kier alpha value is -3.68. The maximum absolute atomic E-state index is 12.6. The van der Waals surface area contributed by atoms with Gasteiger partial charge in [0, 0.05) is 11.4 Å². The molecule has 0 aliphatic heterocycles. The van der Waals surface area contributed by atoms with Crippen LogP contribution in [-0.2, 0) is 17.9 Å². The van der Waals surface area contributed by atoms with Crippen LogP contribution in [0, 0.1) is 13.8 Å². The van der Waals surface area contributed by atoms with Gasteiger partial charge in [0.05, 0.1) is 24.1 Å². The van der Waals surface area contributed by atoms with Gasteiger partial charge in [-0.2, -0.15) is 4.68 Å². The number of furan rings is 1. The molecule has 0 bridgehead atoms. The first kappa shape index (κ1) is 17.7. The minimum absolute atomic E-state index is 0.0252. The number of aryl methyl sites for hydroxylation is 1. The van der Waals surface area contributed by atoms with Crippen molar-refractivity contribution in [1.82, 2.24) is 24.8 Å². The molecule has 0 radical (unpaired) electrons. The van der Waals surface area contributed by atoms with Crippen molar-refractivity contribution in [2.75, 3.05) is 0 Å². The van der Waals surface area contributed by atoms with Crippen molar-refractivity contribution in [3.05, 3.63) is 83.3 Å². The minimum Gasteiger partial charge on any atom is -0.467 e. The van der Waals surface area contributed by atoms with Gasteiger partial charge in [0.1, 0.15) is 5.76 Å². The maximum atomic E-state index is 12.6. The number of benzene rings is 1. The molecule has 4 aromatic rings. The van der Waals surface area contributed by atoms with Crippen LogP contribution in [-0.4, -0.2) is 30.7 Å². The lowest BCUT2D eigenvalue weighted by Gasteiger charge is -2.08. The van der Waals surface area contributed by atoms with Crippen LogP contribution in [0.3, 0.4) is 0 Å². The Kier molecular flexibility index (Phi) is 4.76. The highest BCUT2D eigenvalue weighted by Gasteiger charge is 2.19. The van der Waals surface area contributed by atoms with Crippen LogP contribution in [0.15, 0.2) is 59.2 Å². The van der Waals surface area contributed by atoms with Crippen LogP contribution < -0.4 is 0 Å². The van der Waals surface area contributed by atoms with Gasteiger partial charge >= 0.3 is 5.97 Å². The molecule has 3 aromatic heterocycles. The second kappa shape index (κ2) is 7.51. The molecular weight excluding hydrogens is 358 g/mol. The normalized spacial score (nSPS) is 10.9. The molecule has 28 heavy (non-hydrogen) atoms. The lowest BCUT2D eigenvalue weighted by atomic mass is 10.2. The van der Waals surface area contributed by atoms with E-state index in [1.807, 2.05) is 66.9 Å². The standard InChI is InChI=1S/C20H19N5O3/c1-14-11-18(15(2)24(14)12-17-9-6-10-27-17)20(26)28-13-19-21-22-23-25(19)16-7-4-3-5-8-16/h3-11H,12-13H2,1-2H3. The van der Waals surface area contributed by atoms with Crippen LogP contribution in [0.4, 0.5) is 0 Å². The third-order valence-electron chi connectivity index (χ3n) is 4.55. The van der Waals surface area contributed by atoms with E-state index in [1.165, 1.54) is 0 Å². The lowest BCUT2D eigenvalue weighted by Crippen LogP contribution is -2.11. The molecule has 4 rings (SSSR count). The number of carbonyl (C=O) groups is 1. The van der Waals surface area contributed by atoms with Gasteiger partial charge < -0.3 is 13.7 Å². The van der Waals surface area contributed by atoms with Crippen LogP contribution in [0.1, 0.15) is 33.3 Å². The highest BCUT2D eigenvalue weighted by atomic mass is 16.5. The number of carbonyl (C=O) groups excluding carboxylic acids is 1. The Labute approximate surface area is 161 Å². The molecule has 0 spiro atoms. The predicted octanol–water partition coefficient (Wildman–Crippen LogP) is 3.08. The molecule has 0 unspecified atom stereocenters. The van der Waals surface area contributed by atoms with Crippen LogP contribution in [0.2, 0.25) is 0 Å². The van der Waals surface area contributed by atoms with E-state index in [0.29, 0.717) is 17.9 Å². The molecule has 142 valence electrons. The van der Waals surface area contributed by atoms with Crippen molar-refractivity contribution < 1.29 is 13.9 Å². The van der Waals surface area contributed by atoms with E-state index in [2.05, 4.69) is 15.5 Å². The fourth-order valence-corrected chi connectivity index (χ4v) is 3.08. The van der Waals surface area contributed by atoms with Crippen molar-refractivity contribution in [2.45, 2.75) is 27.0 Å². The van der Waals surface area contributed by atoms with Crippen molar-refractivity contribution in [3.63, 3.8) is 0 Å². The quantitative estimate of drug-likeness (QED) is 0.480. The second-order valence-corrected chi connectivity index (χ2v) is 6.37. The Morgan fingerprint density at radius 2 is 1.96 bits per heavy atom. The largest absolute Gasteiger partial charge is 0.467 e. The molecule has 0 saturated carbocycles. The Morgan fingerprint density at radius 3 is 2.71 bits per heavy atom. The molecule has 0 N–H and O–H groups in total. The molecule has 0 amide bonds. The molecule has 0 aliphatic carbocycles. The summed E-state index contributed by atoms with van der Waals surface area (Å²) in [6.07, 6.45) is 1.63. The summed E-state index contributed by atoms with van der Waals surface area (Å²) in [7, 11) is 0. The molecule has 8 heteroatoms. The molecule has 0 aliphatic rings. The first-order valence-corrected chi connectivity index (χ1v) is 8.82. The average Bonchev–Trinajstić information content (AvgIpc) is 3.44. The van der Waals surface area contributed by atoms with Gasteiger partial charge in [-0.3, -0.25) is 0 Å². The number of aromatic nitrogens is 5. The van der Waals surface area contributed by atoms with Crippen molar-refractivity contribution in [1.29, 1.82) is 0 Å². The average molecular weight is 377 g/mol. The zero-order chi connectivity index (χ0) is 19.5. The van der Waals surface area contributed by atoms with Gasteiger partial charge in [-0.05, 0) is 54.6 Å². The van der Waals surface area contributed by atoms with Crippen molar-refractivity contribution >= 4 is 5.97 Å². The summed E-state index contributed by atoms with van der Waals surface area (Å²) in [4.78, 5) is 12.6. The first-order chi connectivity index (χ1) is 13.6. The molecular formula is C20H19N5O3. The van der Waals surface area contributed by atoms with E-state index < -0.39 is 5.97 Å². The van der Waals surface area contributed by atoms with Gasteiger partial charge in [0.15, 0.2) is 12.4 Å². The summed E-state index contributed by atoms with van der Waals surface area (Å²) in [6, 6.07) is 15.0. The van der Waals surface area contributed by atoms with Gasteiger partial charge in [-0.1, -0.05) is 18.2 Å². The van der Waals surface area contributed by atoms with Gasteiger partial charge in [-0.25, -0.2) is 4.79 Å². The fourth-order valence-electron chi connectivity index (χ4n) is 3.08. The van der Waals surface area contributed by atoms with E-state index >= 15 is 0 Å². The second-order valence-electron chi connectivity index (χ2n) is 6.37. The molecule has 8 nitrogen and oxygen atoms in total. The van der Waals surface area contributed by atoms with Crippen LogP contribution >= 0.6 is 0 Å². The highest BCUT2D eigenvalue weighted by molar-refractivity contribution is 5.91. The zero-order valence-electron chi connectivity index (χ0n) is 15.6. The molecule has 0 saturated heterocycles. The Balaban J connectivity index is 1.49.